The zero-order chi connectivity index (χ0) is 13.9. The molecule has 2 aromatic rings. The van der Waals surface area contributed by atoms with Crippen molar-refractivity contribution in [1.29, 1.82) is 0 Å². The van der Waals surface area contributed by atoms with Crippen molar-refractivity contribution in [3.63, 3.8) is 0 Å². The molecule has 0 aliphatic carbocycles. The molecule has 2 rings (SSSR count). The molecule has 0 saturated heterocycles. The summed E-state index contributed by atoms with van der Waals surface area (Å²) in [5, 5.41) is 7.47. The summed E-state index contributed by atoms with van der Waals surface area (Å²) in [5.74, 6) is 1.42. The van der Waals surface area contributed by atoms with Gasteiger partial charge in [-0.1, -0.05) is 12.1 Å². The minimum Gasteiger partial charge on any atom is -0.342 e. The topological polar surface area (TPSA) is 55.9 Å². The Balaban J connectivity index is 2.03. The van der Waals surface area contributed by atoms with Gasteiger partial charge in [-0.25, -0.2) is 0 Å². The Morgan fingerprint density at radius 1 is 1.37 bits per heavy atom. The van der Waals surface area contributed by atoms with Crippen molar-refractivity contribution in [2.45, 2.75) is 52.7 Å². The molecule has 5 nitrogen and oxygen atoms in total. The number of nitrogens with zero attached hydrogens (tertiary/aromatic N) is 3. The van der Waals surface area contributed by atoms with Crippen LogP contribution in [0.25, 0.3) is 0 Å². The van der Waals surface area contributed by atoms with Crippen LogP contribution in [0.5, 0.6) is 0 Å². The highest BCUT2D eigenvalue weighted by atomic mass is 16.5. The molecule has 1 N–H and O–H groups in total. The van der Waals surface area contributed by atoms with E-state index >= 15 is 0 Å². The van der Waals surface area contributed by atoms with Gasteiger partial charge in [0.15, 0.2) is 5.82 Å². The van der Waals surface area contributed by atoms with E-state index in [0.717, 1.165) is 18.8 Å². The molecular weight excluding hydrogens is 240 g/mol. The Kier molecular flexibility index (Phi) is 4.04. The summed E-state index contributed by atoms with van der Waals surface area (Å²) in [5.41, 5.74) is 1.33. The predicted molar refractivity (Wildman–Crippen MR) is 73.8 cm³/mol. The first-order valence-electron chi connectivity index (χ1n) is 6.68. The third-order valence-electron chi connectivity index (χ3n) is 2.85. The van der Waals surface area contributed by atoms with E-state index in [4.69, 9.17) is 4.52 Å². The van der Waals surface area contributed by atoms with E-state index in [1.54, 1.807) is 0 Å². The smallest absolute Gasteiger partial charge is 0.226 e. The van der Waals surface area contributed by atoms with Gasteiger partial charge in [-0.15, -0.1) is 0 Å². The van der Waals surface area contributed by atoms with E-state index in [2.05, 4.69) is 46.9 Å². The van der Waals surface area contributed by atoms with Gasteiger partial charge in [-0.2, -0.15) is 4.98 Å². The molecule has 5 heteroatoms. The molecule has 0 amide bonds. The lowest BCUT2D eigenvalue weighted by Crippen LogP contribution is -2.35. The molecular formula is C14H22N4O. The first-order valence-corrected chi connectivity index (χ1v) is 6.68. The fourth-order valence-electron chi connectivity index (χ4n) is 1.77. The molecule has 2 aromatic heterocycles. The number of rotatable bonds is 5. The largest absolute Gasteiger partial charge is 0.342 e. The molecule has 0 atom stereocenters. The van der Waals surface area contributed by atoms with Crippen LogP contribution in [0, 0.1) is 0 Å². The second-order valence-electron chi connectivity index (χ2n) is 5.69. The molecule has 0 aromatic carbocycles. The van der Waals surface area contributed by atoms with Crippen LogP contribution in [0.2, 0.25) is 0 Å². The quantitative estimate of drug-likeness (QED) is 0.898. The minimum absolute atomic E-state index is 0.108. The number of hydrogen-bond donors (Lipinski definition) is 1. The van der Waals surface area contributed by atoms with E-state index in [1.807, 2.05) is 19.2 Å². The maximum atomic E-state index is 5.13. The standard InChI is InChI=1S/C14H22N4O/c1-5-13-16-12(17-19-13)10-18-8-6-7-11(18)9-15-14(2,3)4/h6-8,15H,5,9-10H2,1-4H3. The summed E-state index contributed by atoms with van der Waals surface area (Å²) in [6.07, 6.45) is 2.82. The maximum Gasteiger partial charge on any atom is 0.226 e. The Hall–Kier alpha value is -1.62. The van der Waals surface area contributed by atoms with Crippen molar-refractivity contribution in [3.05, 3.63) is 35.7 Å². The van der Waals surface area contributed by atoms with Gasteiger partial charge in [-0.3, -0.25) is 0 Å². The highest BCUT2D eigenvalue weighted by Crippen LogP contribution is 2.08. The summed E-state index contributed by atoms with van der Waals surface area (Å²) in [6.45, 7) is 9.96. The molecule has 2 heterocycles. The average Bonchev–Trinajstić information content (AvgIpc) is 2.95. The lowest BCUT2D eigenvalue weighted by atomic mass is 10.1. The summed E-state index contributed by atoms with van der Waals surface area (Å²) in [4.78, 5) is 4.33. The van der Waals surface area contributed by atoms with E-state index in [-0.39, 0.29) is 5.54 Å². The number of aromatic nitrogens is 3. The van der Waals surface area contributed by atoms with Crippen LogP contribution < -0.4 is 5.32 Å². The van der Waals surface area contributed by atoms with Crippen LogP contribution in [-0.4, -0.2) is 20.2 Å². The fraction of sp³-hybridized carbons (Fsp3) is 0.571. The SMILES string of the molecule is CCc1nc(Cn2cccc2CNC(C)(C)C)no1. The van der Waals surface area contributed by atoms with Gasteiger partial charge < -0.3 is 14.4 Å². The number of aryl methyl sites for hydroxylation is 1. The minimum atomic E-state index is 0.108. The van der Waals surface area contributed by atoms with Crippen LogP contribution in [0.15, 0.2) is 22.9 Å². The molecule has 0 radical (unpaired) electrons. The van der Waals surface area contributed by atoms with Crippen molar-refractivity contribution in [3.8, 4) is 0 Å². The van der Waals surface area contributed by atoms with Crippen LogP contribution in [-0.2, 0) is 19.5 Å². The van der Waals surface area contributed by atoms with Gasteiger partial charge in [0.2, 0.25) is 5.89 Å². The Morgan fingerprint density at radius 3 is 2.79 bits per heavy atom. The number of hydrogen-bond acceptors (Lipinski definition) is 4. The summed E-state index contributed by atoms with van der Waals surface area (Å²) in [6, 6.07) is 4.15. The van der Waals surface area contributed by atoms with Gasteiger partial charge in [0.25, 0.3) is 0 Å². The van der Waals surface area contributed by atoms with Crippen molar-refractivity contribution in [2.75, 3.05) is 0 Å². The summed E-state index contributed by atoms with van der Waals surface area (Å²) >= 11 is 0. The number of nitrogens with one attached hydrogen (secondary N) is 1. The summed E-state index contributed by atoms with van der Waals surface area (Å²) in [7, 11) is 0. The van der Waals surface area contributed by atoms with Gasteiger partial charge in [0.1, 0.15) is 0 Å². The van der Waals surface area contributed by atoms with Crippen LogP contribution in [0.4, 0.5) is 0 Å². The molecule has 0 aliphatic heterocycles. The third-order valence-corrected chi connectivity index (χ3v) is 2.85. The Bertz CT molecular complexity index is 522. The van der Waals surface area contributed by atoms with Gasteiger partial charge in [0.05, 0.1) is 6.54 Å². The molecule has 19 heavy (non-hydrogen) atoms. The highest BCUT2D eigenvalue weighted by Gasteiger charge is 2.11. The molecule has 0 bridgehead atoms. The normalized spacial score (nSPS) is 12.0. The van der Waals surface area contributed by atoms with Gasteiger partial charge in [-0.05, 0) is 32.9 Å². The fourth-order valence-corrected chi connectivity index (χ4v) is 1.77. The Morgan fingerprint density at radius 2 is 2.16 bits per heavy atom. The average molecular weight is 262 g/mol. The molecule has 104 valence electrons. The van der Waals surface area contributed by atoms with E-state index in [0.29, 0.717) is 12.4 Å². The first-order chi connectivity index (χ1) is 8.98. The molecule has 0 aliphatic rings. The molecule has 0 spiro atoms. The summed E-state index contributed by atoms with van der Waals surface area (Å²) < 4.78 is 7.27. The highest BCUT2D eigenvalue weighted by molar-refractivity contribution is 5.09. The second-order valence-corrected chi connectivity index (χ2v) is 5.69. The molecule has 0 fully saturated rings. The third kappa shape index (κ3) is 3.92. The van der Waals surface area contributed by atoms with Crippen molar-refractivity contribution in [1.82, 2.24) is 20.0 Å². The van der Waals surface area contributed by atoms with Crippen molar-refractivity contribution in [2.24, 2.45) is 0 Å². The monoisotopic (exact) mass is 262 g/mol. The van der Waals surface area contributed by atoms with Crippen molar-refractivity contribution >= 4 is 0 Å². The van der Waals surface area contributed by atoms with Gasteiger partial charge in [0, 0.05) is 30.4 Å². The van der Waals surface area contributed by atoms with Crippen LogP contribution in [0.1, 0.15) is 45.1 Å². The van der Waals surface area contributed by atoms with E-state index in [1.165, 1.54) is 5.69 Å². The first kappa shape index (κ1) is 13.8. The Labute approximate surface area is 114 Å². The van der Waals surface area contributed by atoms with E-state index in [9.17, 15) is 0 Å². The van der Waals surface area contributed by atoms with Gasteiger partial charge >= 0.3 is 0 Å². The zero-order valence-electron chi connectivity index (χ0n) is 12.1. The van der Waals surface area contributed by atoms with E-state index < -0.39 is 0 Å². The second kappa shape index (κ2) is 5.57. The van der Waals surface area contributed by atoms with Crippen LogP contribution >= 0.6 is 0 Å². The molecule has 0 unspecified atom stereocenters. The maximum absolute atomic E-state index is 5.13. The van der Waals surface area contributed by atoms with Crippen LogP contribution in [0.3, 0.4) is 0 Å². The zero-order valence-corrected chi connectivity index (χ0v) is 12.1. The predicted octanol–water partition coefficient (Wildman–Crippen LogP) is 2.37. The lowest BCUT2D eigenvalue weighted by Gasteiger charge is -2.21. The van der Waals surface area contributed by atoms with Crippen molar-refractivity contribution < 1.29 is 4.52 Å². The lowest BCUT2D eigenvalue weighted by molar-refractivity contribution is 0.374. The molecule has 0 saturated carbocycles.